The fourth-order valence-electron chi connectivity index (χ4n) is 9.69. The van der Waals surface area contributed by atoms with Crippen molar-refractivity contribution in [2.24, 2.45) is 0 Å². The summed E-state index contributed by atoms with van der Waals surface area (Å²) in [6.45, 7) is 8.54. The SMILES string of the molecule is CC(=O)C=C(C)O.CC(=O)C=C(C)O.CC(=O)C=C(C)O.Fc1[c-]c(-c2ccc3ccccc3n2)cc(F)c1.Fc1cc(-c2[c-]cccc2)nc2ccccc12.[Ir].[Ir].[Ir].[Ir].[c-]1cc(-c2ccccn2)ccc1-c1ccc2ccccc2n1.[c-]1ccccc1-c1ccc2cc(-c3ccccc3)ccc2n1. The summed E-state index contributed by atoms with van der Waals surface area (Å²) in [5, 5.41) is 28.9. The number of pyridine rings is 5. The number of aliphatic hydroxyl groups excluding tert-OH is 3. The van der Waals surface area contributed by atoms with E-state index in [4.69, 9.17) is 25.3 Å². The molecule has 0 saturated carbocycles. The van der Waals surface area contributed by atoms with Gasteiger partial charge in [-0.25, -0.2) is 13.2 Å². The molecule has 104 heavy (non-hydrogen) atoms. The third-order valence-corrected chi connectivity index (χ3v) is 14.0. The molecular weight excluding hydrogens is 2020 g/mol. The first-order chi connectivity index (χ1) is 48.2. The number of nitrogens with zero attached hydrogens (tertiary/aromatic N) is 5. The van der Waals surface area contributed by atoms with Crippen LogP contribution in [0.1, 0.15) is 41.5 Å². The molecule has 5 aromatic heterocycles. The van der Waals surface area contributed by atoms with E-state index < -0.39 is 11.6 Å². The summed E-state index contributed by atoms with van der Waals surface area (Å²) in [6, 6.07) is 94.5. The van der Waals surface area contributed by atoms with Crippen LogP contribution in [0.15, 0.2) is 303 Å². The van der Waals surface area contributed by atoms with Crippen molar-refractivity contribution in [1.29, 1.82) is 0 Å². The van der Waals surface area contributed by atoms with Crippen molar-refractivity contribution in [1.82, 2.24) is 24.9 Å². The molecule has 0 fully saturated rings. The van der Waals surface area contributed by atoms with Crippen LogP contribution in [0.5, 0.6) is 0 Å². The normalized spacial score (nSPS) is 10.5. The van der Waals surface area contributed by atoms with Crippen LogP contribution in [-0.2, 0) is 94.8 Å². The zero-order valence-electron chi connectivity index (χ0n) is 56.9. The summed E-state index contributed by atoms with van der Waals surface area (Å²) in [4.78, 5) is 52.7. The number of halogens is 3. The molecule has 3 N–H and O–H groups in total. The summed E-state index contributed by atoms with van der Waals surface area (Å²) in [5.41, 5.74) is 14.1. The average Bonchev–Trinajstić information content (AvgIpc) is 0.821. The van der Waals surface area contributed by atoms with Gasteiger partial charge >= 0.3 is 0 Å². The number of carbonyl (C=O) groups excluding carboxylic acids is 3. The van der Waals surface area contributed by atoms with Gasteiger partial charge in [0.15, 0.2) is 17.3 Å². The summed E-state index contributed by atoms with van der Waals surface area (Å²) in [6.07, 6.45) is 5.30. The van der Waals surface area contributed by atoms with Gasteiger partial charge in [0.25, 0.3) is 0 Å². The number of aliphatic hydroxyl groups is 3. The molecule has 0 spiro atoms. The van der Waals surface area contributed by atoms with E-state index in [2.05, 4.69) is 112 Å². The Hall–Kier alpha value is -10.2. The quantitative estimate of drug-likeness (QED) is 0.0712. The number of hydrogen-bond acceptors (Lipinski definition) is 11. The second-order valence-corrected chi connectivity index (χ2v) is 22.3. The number of benzene rings is 9. The molecule has 9 aromatic carbocycles. The maximum Gasteiger partial charge on any atom is 0.155 e. The van der Waals surface area contributed by atoms with Crippen LogP contribution >= 0.6 is 0 Å². The minimum atomic E-state index is -0.722. The van der Waals surface area contributed by atoms with Gasteiger partial charge in [0.1, 0.15) is 5.82 Å². The van der Waals surface area contributed by atoms with E-state index in [1.54, 1.807) is 30.5 Å². The molecule has 14 rings (SSSR count). The molecule has 5 heterocycles. The molecule has 0 atom stereocenters. The second kappa shape index (κ2) is 44.3. The van der Waals surface area contributed by atoms with Crippen LogP contribution in [0.25, 0.3) is 111 Å². The topological polar surface area (TPSA) is 176 Å². The molecular formula is C86H68F3Ir4N5O6-4. The Labute approximate surface area is 656 Å². The number of carbonyl (C=O) groups is 3. The molecule has 534 valence electrons. The number of aromatic nitrogens is 5. The first kappa shape index (κ1) is 86.2. The fraction of sp³-hybridized carbons (Fsp3) is 0.0698. The van der Waals surface area contributed by atoms with Gasteiger partial charge in [0, 0.05) is 128 Å². The molecule has 0 aliphatic heterocycles. The van der Waals surface area contributed by atoms with E-state index in [1.807, 2.05) is 146 Å². The van der Waals surface area contributed by atoms with Gasteiger partial charge in [0.05, 0.1) is 39.3 Å². The van der Waals surface area contributed by atoms with Crippen LogP contribution in [0.2, 0.25) is 0 Å². The molecule has 4 radical (unpaired) electrons. The molecule has 14 aromatic rings. The molecule has 0 amide bonds. The van der Waals surface area contributed by atoms with Crippen LogP contribution in [0.4, 0.5) is 13.2 Å². The second-order valence-electron chi connectivity index (χ2n) is 22.3. The monoisotopic (exact) mass is 2100 g/mol. The van der Waals surface area contributed by atoms with E-state index in [-0.39, 0.29) is 121 Å². The van der Waals surface area contributed by atoms with Crippen LogP contribution < -0.4 is 0 Å². The van der Waals surface area contributed by atoms with Gasteiger partial charge < -0.3 is 15.3 Å². The third-order valence-electron chi connectivity index (χ3n) is 14.0. The number of rotatable bonds is 9. The predicted octanol–water partition coefficient (Wildman–Crippen LogP) is 21.1. The van der Waals surface area contributed by atoms with Crippen molar-refractivity contribution in [3.05, 3.63) is 344 Å². The first-order valence-electron chi connectivity index (χ1n) is 31.4. The predicted molar refractivity (Wildman–Crippen MR) is 394 cm³/mol. The number of fused-ring (bicyclic) bond motifs is 4. The van der Waals surface area contributed by atoms with E-state index in [9.17, 15) is 27.6 Å². The van der Waals surface area contributed by atoms with Crippen molar-refractivity contribution in [2.45, 2.75) is 41.5 Å². The van der Waals surface area contributed by atoms with Crippen LogP contribution in [0, 0.1) is 41.7 Å². The molecule has 0 saturated heterocycles. The maximum atomic E-state index is 13.9. The van der Waals surface area contributed by atoms with Crippen molar-refractivity contribution in [3.63, 3.8) is 0 Å². The van der Waals surface area contributed by atoms with Crippen molar-refractivity contribution < 1.29 is 123 Å². The van der Waals surface area contributed by atoms with Crippen molar-refractivity contribution in [3.8, 4) is 67.4 Å². The van der Waals surface area contributed by atoms with Gasteiger partial charge in [0.2, 0.25) is 0 Å². The molecule has 0 aliphatic carbocycles. The van der Waals surface area contributed by atoms with Crippen molar-refractivity contribution in [2.75, 3.05) is 0 Å². The van der Waals surface area contributed by atoms with E-state index in [0.717, 1.165) is 78.1 Å². The molecule has 0 aliphatic rings. The number of allylic oxidation sites excluding steroid dienone is 6. The number of ketones is 3. The van der Waals surface area contributed by atoms with Gasteiger partial charge in [-0.05, 0) is 146 Å². The van der Waals surface area contributed by atoms with E-state index in [0.29, 0.717) is 27.9 Å². The number of hydrogen-bond donors (Lipinski definition) is 3. The number of para-hydroxylation sites is 3. The van der Waals surface area contributed by atoms with Crippen molar-refractivity contribution >= 4 is 61.0 Å². The van der Waals surface area contributed by atoms with E-state index in [1.165, 1.54) is 83.0 Å². The molecule has 0 bridgehead atoms. The molecule has 18 heteroatoms. The minimum absolute atomic E-state index is 0. The van der Waals surface area contributed by atoms with Crippen LogP contribution in [-0.4, -0.2) is 57.6 Å². The zero-order chi connectivity index (χ0) is 71.3. The van der Waals surface area contributed by atoms with Gasteiger partial charge in [-0.15, -0.1) is 119 Å². The zero-order valence-corrected chi connectivity index (χ0v) is 66.5. The Morgan fingerprint density at radius 1 is 0.356 bits per heavy atom. The Morgan fingerprint density at radius 2 is 0.798 bits per heavy atom. The van der Waals surface area contributed by atoms with E-state index >= 15 is 0 Å². The Bertz CT molecular complexity index is 5000. The Kier molecular flexibility index (Phi) is 36.7. The first-order valence-corrected chi connectivity index (χ1v) is 31.4. The molecule has 0 unspecified atom stereocenters. The van der Waals surface area contributed by atoms with Gasteiger partial charge in [-0.2, -0.15) is 0 Å². The average molecular weight is 2090 g/mol. The van der Waals surface area contributed by atoms with Gasteiger partial charge in [-0.3, -0.25) is 39.3 Å². The Balaban J connectivity index is 0.000000267. The third kappa shape index (κ3) is 27.9. The molecule has 11 nitrogen and oxygen atoms in total. The Morgan fingerprint density at radius 3 is 1.27 bits per heavy atom. The summed E-state index contributed by atoms with van der Waals surface area (Å²) < 4.78 is 40.1. The smallest absolute Gasteiger partial charge is 0.155 e. The summed E-state index contributed by atoms with van der Waals surface area (Å²) >= 11 is 0. The van der Waals surface area contributed by atoms with Crippen LogP contribution in [0.3, 0.4) is 0 Å². The van der Waals surface area contributed by atoms with Gasteiger partial charge in [-0.1, -0.05) is 139 Å². The standard InChI is InChI=1S/C21H14N.C20H13N2.C15H8F2N.C15H9FN.3C5H8O2.4Ir/c1-3-7-16(8-4-1)18-11-13-21-19(15-18)12-14-20(22-21)17-9-5-2-6-10-17;1-2-7-19-15(5-1)12-13-20(22-19)17-10-8-16(9-11-17)18-6-3-4-14-21-18;16-12-7-11(8-13(17)9-12)15-6-5-10-3-1-2-4-14(10)18-15;16-13-10-15(11-6-2-1-3-7-11)17-14-9-5-4-8-12(13)14;3*1-4(6)3-5(2)7;;;;/h1-9,11-15H;1-10,12-14H;1-7,9H;1-6,8-10H;3*3,6H,1-2H3;;;;/q4*-1;;;;;;;. The summed E-state index contributed by atoms with van der Waals surface area (Å²) in [5.74, 6) is -1.79. The summed E-state index contributed by atoms with van der Waals surface area (Å²) in [7, 11) is 0. The largest absolute Gasteiger partial charge is 0.512 e. The minimum Gasteiger partial charge on any atom is -0.512 e. The fourth-order valence-corrected chi connectivity index (χ4v) is 9.69. The maximum absolute atomic E-state index is 13.9.